The molecule has 3 rings (SSSR count). The van der Waals surface area contributed by atoms with Crippen LogP contribution in [0.5, 0.6) is 11.5 Å². The quantitative estimate of drug-likeness (QED) is 0.498. The van der Waals surface area contributed by atoms with Crippen molar-refractivity contribution >= 4 is 27.3 Å². The van der Waals surface area contributed by atoms with E-state index in [1.165, 1.54) is 29.6 Å². The average Bonchev–Trinajstić information content (AvgIpc) is 2.78. The van der Waals surface area contributed by atoms with Gasteiger partial charge in [0.25, 0.3) is 15.9 Å². The van der Waals surface area contributed by atoms with Crippen LogP contribution in [-0.2, 0) is 14.8 Å². The molecule has 0 fully saturated rings. The monoisotopic (exact) mass is 468 g/mol. The van der Waals surface area contributed by atoms with Gasteiger partial charge in [-0.15, -0.1) is 0 Å². The van der Waals surface area contributed by atoms with Gasteiger partial charge in [-0.3, -0.25) is 9.10 Å². The second-order valence-corrected chi connectivity index (χ2v) is 9.39. The first-order valence-corrected chi connectivity index (χ1v) is 12.0. The van der Waals surface area contributed by atoms with Crippen LogP contribution in [-0.4, -0.2) is 34.6 Å². The Morgan fingerprint density at radius 1 is 0.970 bits per heavy atom. The molecular formula is C25H28N2O5S. The minimum atomic E-state index is -3.86. The summed E-state index contributed by atoms with van der Waals surface area (Å²) < 4.78 is 38.9. The molecular weight excluding hydrogens is 440 g/mol. The average molecular weight is 469 g/mol. The van der Waals surface area contributed by atoms with Crippen LogP contribution in [0.2, 0.25) is 0 Å². The summed E-state index contributed by atoms with van der Waals surface area (Å²) in [6, 6.07) is 18.9. The van der Waals surface area contributed by atoms with E-state index in [1.54, 1.807) is 31.2 Å². The van der Waals surface area contributed by atoms with Crippen LogP contribution in [0.1, 0.15) is 18.1 Å². The maximum atomic E-state index is 13.3. The van der Waals surface area contributed by atoms with Gasteiger partial charge < -0.3 is 14.8 Å². The summed E-state index contributed by atoms with van der Waals surface area (Å²) in [5.74, 6) is 0.501. The molecule has 174 valence electrons. The maximum Gasteiger partial charge on any atom is 0.264 e. The summed E-state index contributed by atoms with van der Waals surface area (Å²) >= 11 is 0. The van der Waals surface area contributed by atoms with Crippen LogP contribution < -0.4 is 19.1 Å². The third-order valence-electron chi connectivity index (χ3n) is 4.93. The van der Waals surface area contributed by atoms with Gasteiger partial charge in [0.15, 0.2) is 6.61 Å². The molecule has 0 unspecified atom stereocenters. The number of rotatable bonds is 9. The molecule has 0 aliphatic carbocycles. The number of hydrogen-bond acceptors (Lipinski definition) is 5. The first kappa shape index (κ1) is 24.1. The van der Waals surface area contributed by atoms with E-state index >= 15 is 0 Å². The summed E-state index contributed by atoms with van der Waals surface area (Å²) in [6.07, 6.45) is 0. The summed E-state index contributed by atoms with van der Waals surface area (Å²) in [6.45, 7) is 5.69. The highest BCUT2D eigenvalue weighted by molar-refractivity contribution is 7.92. The number of benzene rings is 3. The van der Waals surface area contributed by atoms with Crippen LogP contribution >= 0.6 is 0 Å². The first-order chi connectivity index (χ1) is 15.7. The normalized spacial score (nSPS) is 11.0. The summed E-state index contributed by atoms with van der Waals surface area (Å²) in [5, 5.41) is 2.70. The Labute approximate surface area is 195 Å². The predicted molar refractivity (Wildman–Crippen MR) is 130 cm³/mol. The molecule has 0 spiro atoms. The lowest BCUT2D eigenvalue weighted by molar-refractivity contribution is -0.118. The molecule has 0 bridgehead atoms. The van der Waals surface area contributed by atoms with Crippen molar-refractivity contribution in [3.63, 3.8) is 0 Å². The molecule has 0 saturated carbocycles. The van der Waals surface area contributed by atoms with Gasteiger partial charge in [-0.1, -0.05) is 24.3 Å². The smallest absolute Gasteiger partial charge is 0.264 e. The summed E-state index contributed by atoms with van der Waals surface area (Å²) in [7, 11) is -2.41. The summed E-state index contributed by atoms with van der Waals surface area (Å²) in [4.78, 5) is 12.6. The van der Waals surface area contributed by atoms with Crippen molar-refractivity contribution in [1.29, 1.82) is 0 Å². The largest absolute Gasteiger partial charge is 0.495 e. The number of nitrogens with one attached hydrogen (secondary N) is 1. The lowest BCUT2D eigenvalue weighted by atomic mass is 10.1. The van der Waals surface area contributed by atoms with E-state index in [-0.39, 0.29) is 23.7 Å². The zero-order chi connectivity index (χ0) is 24.0. The standard InChI is InChI=1S/C25H28N2O5S/c1-5-27(20-9-7-6-8-10-20)33(29,30)22-11-12-24(31-4)23(16-22)26-25(28)17-32-21-14-18(2)13-19(3)15-21/h6-16H,5,17H2,1-4H3,(H,26,28). The number of aryl methyl sites for hydroxylation is 2. The zero-order valence-corrected chi connectivity index (χ0v) is 20.0. The van der Waals surface area contributed by atoms with E-state index in [2.05, 4.69) is 5.32 Å². The van der Waals surface area contributed by atoms with Crippen molar-refractivity contribution in [1.82, 2.24) is 0 Å². The van der Waals surface area contributed by atoms with Crippen molar-refractivity contribution < 1.29 is 22.7 Å². The van der Waals surface area contributed by atoms with Gasteiger partial charge in [0.1, 0.15) is 11.5 Å². The number of carbonyl (C=O) groups excluding carboxylic acids is 1. The molecule has 33 heavy (non-hydrogen) atoms. The third-order valence-corrected chi connectivity index (χ3v) is 6.83. The molecule has 0 aliphatic heterocycles. The van der Waals surface area contributed by atoms with Gasteiger partial charge in [-0.05, 0) is 74.4 Å². The molecule has 1 N–H and O–H groups in total. The Hall–Kier alpha value is -3.52. The fourth-order valence-corrected chi connectivity index (χ4v) is 5.01. The molecule has 7 nitrogen and oxygen atoms in total. The minimum Gasteiger partial charge on any atom is -0.495 e. The number of ether oxygens (including phenoxy) is 2. The number of sulfonamides is 1. The van der Waals surface area contributed by atoms with Crippen molar-refractivity contribution in [3.05, 3.63) is 77.9 Å². The molecule has 0 radical (unpaired) electrons. The van der Waals surface area contributed by atoms with Gasteiger partial charge in [-0.2, -0.15) is 0 Å². The van der Waals surface area contributed by atoms with E-state index < -0.39 is 15.9 Å². The second-order valence-electron chi connectivity index (χ2n) is 7.53. The zero-order valence-electron chi connectivity index (χ0n) is 19.2. The molecule has 0 saturated heterocycles. The Morgan fingerprint density at radius 2 is 1.64 bits per heavy atom. The number of hydrogen-bond donors (Lipinski definition) is 1. The molecule has 1 amide bonds. The highest BCUT2D eigenvalue weighted by atomic mass is 32.2. The molecule has 0 atom stereocenters. The number of anilines is 2. The van der Waals surface area contributed by atoms with Crippen molar-refractivity contribution in [2.45, 2.75) is 25.7 Å². The van der Waals surface area contributed by atoms with E-state index in [4.69, 9.17) is 9.47 Å². The fourth-order valence-electron chi connectivity index (χ4n) is 3.51. The second kappa shape index (κ2) is 10.4. The van der Waals surface area contributed by atoms with E-state index in [0.29, 0.717) is 17.2 Å². The van der Waals surface area contributed by atoms with E-state index in [1.807, 2.05) is 38.1 Å². The van der Waals surface area contributed by atoms with Crippen molar-refractivity contribution in [2.24, 2.45) is 0 Å². The Balaban J connectivity index is 1.82. The molecule has 0 aromatic heterocycles. The fraction of sp³-hybridized carbons (Fsp3) is 0.240. The Kier molecular flexibility index (Phi) is 7.60. The Bertz CT molecular complexity index is 1210. The van der Waals surface area contributed by atoms with Crippen LogP contribution in [0, 0.1) is 13.8 Å². The molecule has 3 aromatic carbocycles. The van der Waals surface area contributed by atoms with Crippen LogP contribution in [0.25, 0.3) is 0 Å². The van der Waals surface area contributed by atoms with Crippen molar-refractivity contribution in [3.8, 4) is 11.5 Å². The van der Waals surface area contributed by atoms with Gasteiger partial charge in [-0.25, -0.2) is 8.42 Å². The number of para-hydroxylation sites is 1. The van der Waals surface area contributed by atoms with Crippen LogP contribution in [0.4, 0.5) is 11.4 Å². The number of methoxy groups -OCH3 is 1. The third kappa shape index (κ3) is 5.84. The highest BCUT2D eigenvalue weighted by Gasteiger charge is 2.25. The van der Waals surface area contributed by atoms with Gasteiger partial charge >= 0.3 is 0 Å². The lowest BCUT2D eigenvalue weighted by Crippen LogP contribution is -2.30. The molecule has 0 aliphatic rings. The lowest BCUT2D eigenvalue weighted by Gasteiger charge is -2.23. The van der Waals surface area contributed by atoms with Gasteiger partial charge in [0.05, 0.1) is 23.4 Å². The minimum absolute atomic E-state index is 0.0412. The molecule has 0 heterocycles. The van der Waals surface area contributed by atoms with Crippen LogP contribution in [0.15, 0.2) is 71.6 Å². The SMILES string of the molecule is CCN(c1ccccc1)S(=O)(=O)c1ccc(OC)c(NC(=O)COc2cc(C)cc(C)c2)c1. The number of nitrogens with zero attached hydrogens (tertiary/aromatic N) is 1. The van der Waals surface area contributed by atoms with E-state index in [9.17, 15) is 13.2 Å². The van der Waals surface area contributed by atoms with E-state index in [0.717, 1.165) is 11.1 Å². The van der Waals surface area contributed by atoms with Crippen LogP contribution in [0.3, 0.4) is 0 Å². The van der Waals surface area contributed by atoms with Gasteiger partial charge in [0, 0.05) is 6.54 Å². The van der Waals surface area contributed by atoms with Gasteiger partial charge in [0.2, 0.25) is 0 Å². The predicted octanol–water partition coefficient (Wildman–Crippen LogP) is 4.54. The first-order valence-electron chi connectivity index (χ1n) is 10.5. The highest BCUT2D eigenvalue weighted by Crippen LogP contribution is 2.30. The summed E-state index contributed by atoms with van der Waals surface area (Å²) in [5.41, 5.74) is 2.87. The number of carbonyl (C=O) groups is 1. The maximum absolute atomic E-state index is 13.3. The molecule has 8 heteroatoms. The topological polar surface area (TPSA) is 84.9 Å². The molecule has 3 aromatic rings. The van der Waals surface area contributed by atoms with Crippen molar-refractivity contribution in [2.75, 3.05) is 29.9 Å². The Morgan fingerprint density at radius 3 is 2.24 bits per heavy atom. The number of amides is 1.